The van der Waals surface area contributed by atoms with Crippen molar-refractivity contribution in [3.63, 3.8) is 0 Å². The van der Waals surface area contributed by atoms with E-state index >= 15 is 0 Å². The van der Waals surface area contributed by atoms with E-state index in [1.807, 2.05) is 13.8 Å². The molecular formula is C13H19N3O3. The quantitative estimate of drug-likeness (QED) is 0.782. The zero-order valence-electron chi connectivity index (χ0n) is 11.6. The monoisotopic (exact) mass is 265 g/mol. The number of esters is 1. The Kier molecular flexibility index (Phi) is 5.29. The van der Waals surface area contributed by atoms with Gasteiger partial charge in [-0.05, 0) is 32.9 Å². The minimum absolute atomic E-state index is 0.0561. The molecule has 0 aliphatic heterocycles. The molecule has 1 amide bonds. The van der Waals surface area contributed by atoms with Crippen molar-refractivity contribution in [2.24, 2.45) is 0 Å². The molecule has 2 N–H and O–H groups in total. The zero-order chi connectivity index (χ0) is 14.4. The number of hydrogen-bond acceptors (Lipinski definition) is 5. The van der Waals surface area contributed by atoms with Crippen LogP contribution in [0.4, 0.5) is 5.82 Å². The lowest BCUT2D eigenvalue weighted by atomic mass is 10.2. The lowest BCUT2D eigenvalue weighted by molar-refractivity contribution is -0.122. The molecule has 1 aromatic heterocycles. The molecular weight excluding hydrogens is 246 g/mol. The van der Waals surface area contributed by atoms with Crippen LogP contribution < -0.4 is 10.6 Å². The van der Waals surface area contributed by atoms with Crippen molar-refractivity contribution in [3.8, 4) is 0 Å². The maximum atomic E-state index is 11.8. The molecule has 0 aliphatic rings. The first-order valence-corrected chi connectivity index (χ1v) is 6.06. The fourth-order valence-corrected chi connectivity index (χ4v) is 1.48. The van der Waals surface area contributed by atoms with Crippen LogP contribution in [0.5, 0.6) is 0 Å². The van der Waals surface area contributed by atoms with E-state index in [-0.39, 0.29) is 11.9 Å². The van der Waals surface area contributed by atoms with Gasteiger partial charge < -0.3 is 15.4 Å². The number of nitrogens with one attached hydrogen (secondary N) is 2. The lowest BCUT2D eigenvalue weighted by Gasteiger charge is -2.17. The summed E-state index contributed by atoms with van der Waals surface area (Å²) in [5, 5.41) is 5.69. The van der Waals surface area contributed by atoms with Crippen LogP contribution in [0.3, 0.4) is 0 Å². The number of amides is 1. The number of carbonyl (C=O) groups excluding carboxylic acids is 2. The normalized spacial score (nSPS) is 11.8. The van der Waals surface area contributed by atoms with Crippen molar-refractivity contribution in [3.05, 3.63) is 23.9 Å². The van der Waals surface area contributed by atoms with Crippen LogP contribution in [-0.4, -0.2) is 36.1 Å². The fraction of sp³-hybridized carbons (Fsp3) is 0.462. The number of ether oxygens (including phenoxy) is 1. The maximum absolute atomic E-state index is 11.8. The van der Waals surface area contributed by atoms with Crippen LogP contribution in [0, 0.1) is 0 Å². The molecule has 0 aromatic carbocycles. The van der Waals surface area contributed by atoms with Gasteiger partial charge in [-0.3, -0.25) is 4.79 Å². The highest BCUT2D eigenvalue weighted by Gasteiger charge is 2.18. The molecule has 104 valence electrons. The Hall–Kier alpha value is -2.11. The Balaban J connectivity index is 2.82. The van der Waals surface area contributed by atoms with Crippen molar-refractivity contribution in [2.45, 2.75) is 32.9 Å². The number of hydrogen-bond donors (Lipinski definition) is 2. The highest BCUT2D eigenvalue weighted by Crippen LogP contribution is 2.13. The van der Waals surface area contributed by atoms with E-state index in [1.165, 1.54) is 7.11 Å². The molecule has 0 spiro atoms. The second-order valence-electron chi connectivity index (χ2n) is 4.42. The summed E-state index contributed by atoms with van der Waals surface area (Å²) in [5.41, 5.74) is 0.300. The van der Waals surface area contributed by atoms with Gasteiger partial charge in [-0.15, -0.1) is 0 Å². The third-order valence-electron chi connectivity index (χ3n) is 2.39. The van der Waals surface area contributed by atoms with Gasteiger partial charge in [0.1, 0.15) is 17.4 Å². The van der Waals surface area contributed by atoms with Crippen LogP contribution >= 0.6 is 0 Å². The number of nitrogens with zero attached hydrogens (tertiary/aromatic N) is 1. The van der Waals surface area contributed by atoms with Crippen molar-refractivity contribution in [1.29, 1.82) is 0 Å². The van der Waals surface area contributed by atoms with E-state index in [4.69, 9.17) is 0 Å². The van der Waals surface area contributed by atoms with Gasteiger partial charge in [0, 0.05) is 12.2 Å². The van der Waals surface area contributed by atoms with Crippen molar-refractivity contribution in [1.82, 2.24) is 10.3 Å². The van der Waals surface area contributed by atoms with Gasteiger partial charge in [0.15, 0.2) is 0 Å². The second-order valence-corrected chi connectivity index (χ2v) is 4.42. The predicted octanol–water partition coefficient (Wildman–Crippen LogP) is 1.19. The molecule has 19 heavy (non-hydrogen) atoms. The number of pyridine rings is 1. The summed E-state index contributed by atoms with van der Waals surface area (Å²) in [7, 11) is 1.30. The van der Waals surface area contributed by atoms with E-state index in [0.717, 1.165) is 0 Å². The summed E-state index contributed by atoms with van der Waals surface area (Å²) in [5.74, 6) is -0.315. The lowest BCUT2D eigenvalue weighted by Crippen LogP contribution is -2.41. The molecule has 1 aromatic rings. The summed E-state index contributed by atoms with van der Waals surface area (Å²) in [6.07, 6.45) is 1.54. The van der Waals surface area contributed by atoms with Gasteiger partial charge in [-0.2, -0.15) is 0 Å². The molecule has 0 bridgehead atoms. The maximum Gasteiger partial charge on any atom is 0.341 e. The molecule has 1 atom stereocenters. The summed E-state index contributed by atoms with van der Waals surface area (Å²) in [6, 6.07) is 2.78. The molecule has 0 aliphatic carbocycles. The molecule has 6 heteroatoms. The summed E-state index contributed by atoms with van der Waals surface area (Å²) in [4.78, 5) is 27.4. The van der Waals surface area contributed by atoms with Crippen molar-refractivity contribution < 1.29 is 14.3 Å². The first kappa shape index (κ1) is 14.9. The van der Waals surface area contributed by atoms with Crippen LogP contribution in [-0.2, 0) is 9.53 Å². The van der Waals surface area contributed by atoms with Crippen LogP contribution in [0.15, 0.2) is 18.3 Å². The first-order chi connectivity index (χ1) is 8.95. The smallest absolute Gasteiger partial charge is 0.341 e. The molecule has 0 radical (unpaired) electrons. The topological polar surface area (TPSA) is 80.3 Å². The van der Waals surface area contributed by atoms with Crippen LogP contribution in [0.25, 0.3) is 0 Å². The third kappa shape index (κ3) is 4.24. The Morgan fingerprint density at radius 1 is 1.32 bits per heavy atom. The van der Waals surface area contributed by atoms with E-state index in [9.17, 15) is 9.59 Å². The molecule has 0 saturated carbocycles. The third-order valence-corrected chi connectivity index (χ3v) is 2.39. The number of anilines is 1. The molecule has 0 saturated heterocycles. The number of carbonyl (C=O) groups is 2. The second kappa shape index (κ2) is 6.72. The summed E-state index contributed by atoms with van der Waals surface area (Å²) in [6.45, 7) is 5.46. The zero-order valence-corrected chi connectivity index (χ0v) is 11.6. The standard InChI is InChI=1S/C13H19N3O3/c1-8(2)15-12(17)9(3)16-11-10(13(18)19-4)6-5-7-14-11/h5-9H,1-4H3,(H,14,16)(H,15,17). The largest absolute Gasteiger partial charge is 0.465 e. The van der Waals surface area contributed by atoms with Crippen LogP contribution in [0.2, 0.25) is 0 Å². The predicted molar refractivity (Wildman–Crippen MR) is 71.9 cm³/mol. The average Bonchev–Trinajstić information content (AvgIpc) is 2.37. The molecule has 1 heterocycles. The SMILES string of the molecule is COC(=O)c1cccnc1NC(C)C(=O)NC(C)C. The van der Waals surface area contributed by atoms with E-state index in [1.54, 1.807) is 25.3 Å². The highest BCUT2D eigenvalue weighted by atomic mass is 16.5. The minimum Gasteiger partial charge on any atom is -0.465 e. The molecule has 1 unspecified atom stereocenters. The first-order valence-electron chi connectivity index (χ1n) is 6.06. The fourth-order valence-electron chi connectivity index (χ4n) is 1.48. The highest BCUT2D eigenvalue weighted by molar-refractivity contribution is 5.95. The molecule has 0 fully saturated rings. The van der Waals surface area contributed by atoms with Crippen molar-refractivity contribution in [2.75, 3.05) is 12.4 Å². The number of rotatable bonds is 5. The minimum atomic E-state index is -0.499. The van der Waals surface area contributed by atoms with Gasteiger partial charge in [0.2, 0.25) is 5.91 Å². The average molecular weight is 265 g/mol. The Labute approximate surface area is 112 Å². The Bertz CT molecular complexity index is 460. The number of methoxy groups -OCH3 is 1. The van der Waals surface area contributed by atoms with Crippen LogP contribution in [0.1, 0.15) is 31.1 Å². The molecule has 6 nitrogen and oxygen atoms in total. The Morgan fingerprint density at radius 2 is 2.00 bits per heavy atom. The molecule has 1 rings (SSSR count). The van der Waals surface area contributed by atoms with Gasteiger partial charge in [-0.25, -0.2) is 9.78 Å². The van der Waals surface area contributed by atoms with E-state index in [0.29, 0.717) is 11.4 Å². The van der Waals surface area contributed by atoms with Gasteiger partial charge >= 0.3 is 5.97 Å². The Morgan fingerprint density at radius 3 is 2.58 bits per heavy atom. The van der Waals surface area contributed by atoms with Crippen molar-refractivity contribution >= 4 is 17.7 Å². The summed E-state index contributed by atoms with van der Waals surface area (Å²) >= 11 is 0. The van der Waals surface area contributed by atoms with E-state index in [2.05, 4.69) is 20.4 Å². The number of aromatic nitrogens is 1. The van der Waals surface area contributed by atoms with Gasteiger partial charge in [-0.1, -0.05) is 0 Å². The van der Waals surface area contributed by atoms with Gasteiger partial charge in [0.05, 0.1) is 7.11 Å². The van der Waals surface area contributed by atoms with E-state index < -0.39 is 12.0 Å². The summed E-state index contributed by atoms with van der Waals surface area (Å²) < 4.78 is 4.66. The van der Waals surface area contributed by atoms with Gasteiger partial charge in [0.25, 0.3) is 0 Å².